The van der Waals surface area contributed by atoms with Crippen molar-refractivity contribution in [2.24, 2.45) is 5.92 Å². The van der Waals surface area contributed by atoms with Crippen LogP contribution in [0.4, 0.5) is 0 Å². The van der Waals surface area contributed by atoms with Crippen molar-refractivity contribution < 1.29 is 14.3 Å². The molecular weight excluding hydrogens is 446 g/mol. The van der Waals surface area contributed by atoms with Crippen molar-refractivity contribution in [1.82, 2.24) is 5.06 Å². The molecular formula is C32H55NO3. The molecule has 2 heterocycles. The first kappa shape index (κ1) is 29.6. The number of piperidine rings is 1. The summed E-state index contributed by atoms with van der Waals surface area (Å²) in [4.78, 5) is 6.84. The molecule has 2 aliphatic rings. The second-order valence-electron chi connectivity index (χ2n) is 12.0. The van der Waals surface area contributed by atoms with Gasteiger partial charge in [0.25, 0.3) is 0 Å². The van der Waals surface area contributed by atoms with E-state index in [1.54, 1.807) is 0 Å². The fourth-order valence-corrected chi connectivity index (χ4v) is 6.48. The van der Waals surface area contributed by atoms with E-state index < -0.39 is 5.79 Å². The second kappa shape index (κ2) is 13.2. The maximum atomic E-state index is 6.89. The molecule has 0 aliphatic carbocycles. The highest BCUT2D eigenvalue weighted by molar-refractivity contribution is 5.17. The summed E-state index contributed by atoms with van der Waals surface area (Å²) in [7, 11) is 0. The van der Waals surface area contributed by atoms with Gasteiger partial charge in [-0.05, 0) is 45.6 Å². The number of hydrogen-bond donors (Lipinski definition) is 0. The Morgan fingerprint density at radius 1 is 0.944 bits per heavy atom. The van der Waals surface area contributed by atoms with E-state index in [0.29, 0.717) is 0 Å². The molecule has 36 heavy (non-hydrogen) atoms. The number of hydroxylamine groups is 2. The zero-order valence-electron chi connectivity index (χ0n) is 24.5. The van der Waals surface area contributed by atoms with Crippen LogP contribution in [0.5, 0.6) is 0 Å². The normalized spacial score (nSPS) is 33.9. The lowest BCUT2D eigenvalue weighted by molar-refractivity contribution is -0.380. The molecule has 0 aromatic heterocycles. The van der Waals surface area contributed by atoms with Crippen molar-refractivity contribution in [3.8, 4) is 0 Å². The standard InChI is InChI=1S/C32H55NO3/c1-8-11-12-13-14-15-16-20-23-29-24-34-32(35-29)25-30(6,9-2)33(31(7,10-3)27(32)5)36-26(4)28-21-18-17-19-22-28/h17-19,21-22,26-27,29H,8-16,20,23-25H2,1-7H3. The van der Waals surface area contributed by atoms with Gasteiger partial charge in [-0.25, -0.2) is 0 Å². The van der Waals surface area contributed by atoms with Crippen LogP contribution < -0.4 is 0 Å². The lowest BCUT2D eigenvalue weighted by Crippen LogP contribution is -2.71. The highest BCUT2D eigenvalue weighted by atomic mass is 16.8. The van der Waals surface area contributed by atoms with E-state index in [2.05, 4.69) is 83.9 Å². The van der Waals surface area contributed by atoms with Gasteiger partial charge in [0.2, 0.25) is 0 Å². The molecule has 2 saturated heterocycles. The highest BCUT2D eigenvalue weighted by Gasteiger charge is 2.64. The van der Waals surface area contributed by atoms with Gasteiger partial charge in [0.1, 0.15) is 6.10 Å². The van der Waals surface area contributed by atoms with Crippen LogP contribution in [-0.4, -0.2) is 34.6 Å². The molecule has 0 radical (unpaired) electrons. The molecule has 1 spiro atoms. The Kier molecular flexibility index (Phi) is 10.9. The van der Waals surface area contributed by atoms with Gasteiger partial charge in [-0.15, -0.1) is 0 Å². The Morgan fingerprint density at radius 3 is 2.19 bits per heavy atom. The first-order chi connectivity index (χ1) is 17.2. The SMILES string of the molecule is CCCCCCCCCCC1COC2(CC(C)(CC)N(OC(C)c3ccccc3)C(C)(CC)C2C)O1. The minimum Gasteiger partial charge on any atom is -0.347 e. The Morgan fingerprint density at radius 2 is 1.58 bits per heavy atom. The molecule has 2 fully saturated rings. The Bertz CT molecular complexity index is 772. The number of benzene rings is 1. The third kappa shape index (κ3) is 6.54. The Hall–Kier alpha value is -0.940. The molecule has 0 N–H and O–H groups in total. The van der Waals surface area contributed by atoms with Gasteiger partial charge in [-0.3, -0.25) is 4.84 Å². The van der Waals surface area contributed by atoms with Crippen molar-refractivity contribution in [2.75, 3.05) is 6.61 Å². The molecule has 0 bridgehead atoms. The van der Waals surface area contributed by atoms with E-state index in [4.69, 9.17) is 14.3 Å². The number of nitrogens with zero attached hydrogens (tertiary/aromatic N) is 1. The molecule has 4 nitrogen and oxygen atoms in total. The number of rotatable bonds is 14. The van der Waals surface area contributed by atoms with Crippen LogP contribution in [0.3, 0.4) is 0 Å². The molecule has 1 aromatic carbocycles. The van der Waals surface area contributed by atoms with E-state index in [0.717, 1.165) is 32.3 Å². The summed E-state index contributed by atoms with van der Waals surface area (Å²) >= 11 is 0. The monoisotopic (exact) mass is 501 g/mol. The van der Waals surface area contributed by atoms with Gasteiger partial charge in [-0.2, -0.15) is 5.06 Å². The second-order valence-corrected chi connectivity index (χ2v) is 12.0. The maximum Gasteiger partial charge on any atom is 0.175 e. The predicted octanol–water partition coefficient (Wildman–Crippen LogP) is 9.00. The van der Waals surface area contributed by atoms with Gasteiger partial charge in [-0.1, -0.05) is 109 Å². The van der Waals surface area contributed by atoms with Gasteiger partial charge in [0.15, 0.2) is 5.79 Å². The molecule has 4 heteroatoms. The van der Waals surface area contributed by atoms with Gasteiger partial charge in [0.05, 0.1) is 18.2 Å². The summed E-state index contributed by atoms with van der Waals surface area (Å²) < 4.78 is 13.5. The van der Waals surface area contributed by atoms with Crippen molar-refractivity contribution in [3.05, 3.63) is 35.9 Å². The molecule has 206 valence electrons. The topological polar surface area (TPSA) is 30.9 Å². The smallest absolute Gasteiger partial charge is 0.175 e. The summed E-state index contributed by atoms with van der Waals surface area (Å²) in [5, 5.41) is 2.34. The van der Waals surface area contributed by atoms with Gasteiger partial charge >= 0.3 is 0 Å². The van der Waals surface area contributed by atoms with E-state index >= 15 is 0 Å². The lowest BCUT2D eigenvalue weighted by atomic mass is 9.67. The van der Waals surface area contributed by atoms with E-state index in [-0.39, 0.29) is 29.2 Å². The molecule has 3 rings (SSSR count). The van der Waals surface area contributed by atoms with Gasteiger partial charge in [0, 0.05) is 17.9 Å². The van der Waals surface area contributed by atoms with Crippen LogP contribution in [0.25, 0.3) is 0 Å². The van der Waals surface area contributed by atoms with E-state index in [1.165, 1.54) is 56.9 Å². The quantitative estimate of drug-likeness (QED) is 0.238. The molecule has 0 saturated carbocycles. The first-order valence-electron chi connectivity index (χ1n) is 15.1. The summed E-state index contributed by atoms with van der Waals surface area (Å²) in [6.07, 6.45) is 14.9. The van der Waals surface area contributed by atoms with Crippen LogP contribution in [0.1, 0.15) is 137 Å². The van der Waals surface area contributed by atoms with Crippen LogP contribution in [-0.2, 0) is 14.3 Å². The third-order valence-electron chi connectivity index (χ3n) is 9.44. The van der Waals surface area contributed by atoms with Crippen molar-refractivity contribution in [1.29, 1.82) is 0 Å². The van der Waals surface area contributed by atoms with Crippen LogP contribution in [0.2, 0.25) is 0 Å². The summed E-state index contributed by atoms with van der Waals surface area (Å²) in [6.45, 7) is 16.7. The van der Waals surface area contributed by atoms with E-state index in [9.17, 15) is 0 Å². The number of unbranched alkanes of at least 4 members (excludes halogenated alkanes) is 7. The lowest BCUT2D eigenvalue weighted by Gasteiger charge is -2.62. The summed E-state index contributed by atoms with van der Waals surface area (Å²) in [5.74, 6) is -0.336. The average Bonchev–Trinajstić information content (AvgIpc) is 3.30. The van der Waals surface area contributed by atoms with Crippen molar-refractivity contribution >= 4 is 0 Å². The van der Waals surface area contributed by atoms with Crippen LogP contribution in [0, 0.1) is 5.92 Å². The molecule has 6 atom stereocenters. The summed E-state index contributed by atoms with van der Waals surface area (Å²) in [6, 6.07) is 10.6. The van der Waals surface area contributed by atoms with E-state index in [1.807, 2.05) is 0 Å². The first-order valence-corrected chi connectivity index (χ1v) is 15.1. The fraction of sp³-hybridized carbons (Fsp3) is 0.812. The molecule has 0 amide bonds. The number of ether oxygens (including phenoxy) is 2. The zero-order valence-corrected chi connectivity index (χ0v) is 24.5. The fourth-order valence-electron chi connectivity index (χ4n) is 6.48. The van der Waals surface area contributed by atoms with Gasteiger partial charge < -0.3 is 9.47 Å². The Labute approximate surface area is 222 Å². The average molecular weight is 502 g/mol. The predicted molar refractivity (Wildman–Crippen MR) is 150 cm³/mol. The Balaban J connectivity index is 1.65. The molecule has 6 unspecified atom stereocenters. The minimum absolute atomic E-state index is 0.00987. The van der Waals surface area contributed by atoms with Crippen molar-refractivity contribution in [2.45, 2.75) is 155 Å². The molecule has 1 aromatic rings. The number of hydrogen-bond acceptors (Lipinski definition) is 4. The van der Waals surface area contributed by atoms with Crippen LogP contribution >= 0.6 is 0 Å². The van der Waals surface area contributed by atoms with Crippen molar-refractivity contribution in [3.63, 3.8) is 0 Å². The highest BCUT2D eigenvalue weighted by Crippen LogP contribution is 2.55. The molecule has 2 aliphatic heterocycles. The maximum absolute atomic E-state index is 6.89. The van der Waals surface area contributed by atoms with Crippen LogP contribution in [0.15, 0.2) is 30.3 Å². The third-order valence-corrected chi connectivity index (χ3v) is 9.44. The largest absolute Gasteiger partial charge is 0.347 e. The zero-order chi connectivity index (χ0) is 26.2. The summed E-state index contributed by atoms with van der Waals surface area (Å²) in [5.41, 5.74) is 0.841. The minimum atomic E-state index is -0.532.